The molecule has 1 aliphatic heterocycles. The summed E-state index contributed by atoms with van der Waals surface area (Å²) in [5.41, 5.74) is 3.43. The molecule has 6 rings (SSSR count). The van der Waals surface area contributed by atoms with Crippen molar-refractivity contribution in [3.05, 3.63) is 147 Å². The zero-order chi connectivity index (χ0) is 33.9. The number of ether oxygens (including phenoxy) is 3. The van der Waals surface area contributed by atoms with E-state index < -0.39 is 6.04 Å². The molecule has 1 aromatic heterocycles. The zero-order valence-corrected chi connectivity index (χ0v) is 29.8. The smallest absolute Gasteiger partial charge is 0.271 e. The van der Waals surface area contributed by atoms with Crippen LogP contribution in [0.3, 0.4) is 0 Å². The van der Waals surface area contributed by atoms with Gasteiger partial charge in [-0.15, -0.1) is 0 Å². The molecule has 1 amide bonds. The predicted octanol–water partition coefficient (Wildman–Crippen LogP) is 7.54. The number of carbonyl (C=O) groups is 1. The number of benzene rings is 4. The van der Waals surface area contributed by atoms with Gasteiger partial charge in [0.25, 0.3) is 11.5 Å². The van der Waals surface area contributed by atoms with Crippen LogP contribution in [0.5, 0.6) is 17.2 Å². The Morgan fingerprint density at radius 3 is 2.46 bits per heavy atom. The summed E-state index contributed by atoms with van der Waals surface area (Å²) in [7, 11) is 3.13. The van der Waals surface area contributed by atoms with E-state index in [9.17, 15) is 9.59 Å². The average molecular weight is 766 g/mol. The average Bonchev–Trinajstić information content (AvgIpc) is 3.38. The first-order valence-corrected chi connectivity index (χ1v) is 17.0. The Morgan fingerprint density at radius 2 is 1.77 bits per heavy atom. The van der Waals surface area contributed by atoms with Crippen molar-refractivity contribution in [2.75, 3.05) is 19.5 Å². The number of nitrogens with one attached hydrogen (secondary N) is 1. The van der Waals surface area contributed by atoms with Gasteiger partial charge in [-0.2, -0.15) is 0 Å². The van der Waals surface area contributed by atoms with E-state index in [0.717, 1.165) is 11.1 Å². The Labute approximate surface area is 298 Å². The molecule has 1 N–H and O–H groups in total. The minimum Gasteiger partial charge on any atom is -0.497 e. The number of anilines is 1. The van der Waals surface area contributed by atoms with E-state index in [0.29, 0.717) is 63.6 Å². The molecule has 244 valence electrons. The molecule has 0 fully saturated rings. The van der Waals surface area contributed by atoms with Crippen molar-refractivity contribution in [3.8, 4) is 17.2 Å². The van der Waals surface area contributed by atoms with Crippen molar-refractivity contribution < 1.29 is 19.0 Å². The SMILES string of the molecule is COc1ccc([C@@H]2C(C(=O)Nc3ccccc3)=C(C)N=c3s/c(=C/c4cc(Br)c(OCc5ccc(Cl)cc5Cl)c(OC)c4)c(=O)n32)cc1. The van der Waals surface area contributed by atoms with Crippen LogP contribution in [0.1, 0.15) is 29.7 Å². The van der Waals surface area contributed by atoms with E-state index in [2.05, 4.69) is 21.2 Å². The van der Waals surface area contributed by atoms with Gasteiger partial charge in [-0.25, -0.2) is 4.99 Å². The van der Waals surface area contributed by atoms with E-state index in [4.69, 9.17) is 42.4 Å². The highest BCUT2D eigenvalue weighted by Gasteiger charge is 2.32. The van der Waals surface area contributed by atoms with Gasteiger partial charge in [0.2, 0.25) is 0 Å². The van der Waals surface area contributed by atoms with Crippen LogP contribution < -0.4 is 34.4 Å². The van der Waals surface area contributed by atoms with E-state index >= 15 is 0 Å². The molecule has 0 aliphatic carbocycles. The fourth-order valence-corrected chi connectivity index (χ4v) is 7.42. The minimum absolute atomic E-state index is 0.188. The molecule has 0 radical (unpaired) electrons. The number of para-hydroxylation sites is 1. The number of hydrogen-bond acceptors (Lipinski definition) is 7. The number of nitrogens with zero attached hydrogens (tertiary/aromatic N) is 2. The molecule has 4 aromatic carbocycles. The summed E-state index contributed by atoms with van der Waals surface area (Å²) >= 11 is 17.2. The highest BCUT2D eigenvalue weighted by molar-refractivity contribution is 9.10. The highest BCUT2D eigenvalue weighted by atomic mass is 79.9. The molecule has 0 spiro atoms. The number of halogens is 3. The summed E-state index contributed by atoms with van der Waals surface area (Å²) in [5.74, 6) is 1.25. The van der Waals surface area contributed by atoms with Crippen LogP contribution >= 0.6 is 50.5 Å². The molecule has 12 heteroatoms. The Hall–Kier alpha value is -4.35. The Balaban J connectivity index is 1.40. The normalized spacial score (nSPS) is 14.3. The lowest BCUT2D eigenvalue weighted by Crippen LogP contribution is -2.40. The number of fused-ring (bicyclic) bond motifs is 1. The summed E-state index contributed by atoms with van der Waals surface area (Å²) in [6.45, 7) is 1.97. The molecule has 0 unspecified atom stereocenters. The summed E-state index contributed by atoms with van der Waals surface area (Å²) in [5, 5.41) is 4.00. The quantitative estimate of drug-likeness (QED) is 0.168. The molecule has 1 atom stereocenters. The zero-order valence-electron chi connectivity index (χ0n) is 25.9. The van der Waals surface area contributed by atoms with Gasteiger partial charge in [0.15, 0.2) is 16.3 Å². The maximum atomic E-state index is 14.2. The number of rotatable bonds is 9. The van der Waals surface area contributed by atoms with Crippen LogP contribution in [0, 0.1) is 0 Å². The first-order valence-electron chi connectivity index (χ1n) is 14.6. The van der Waals surface area contributed by atoms with Crippen LogP contribution in [0.25, 0.3) is 6.08 Å². The third-order valence-corrected chi connectivity index (χ3v) is 9.83. The molecular formula is C36H28BrCl2N3O5S. The summed E-state index contributed by atoms with van der Waals surface area (Å²) < 4.78 is 19.7. The van der Waals surface area contributed by atoms with Crippen molar-refractivity contribution in [3.63, 3.8) is 0 Å². The third kappa shape index (κ3) is 6.93. The van der Waals surface area contributed by atoms with Gasteiger partial charge in [-0.1, -0.05) is 70.9 Å². The number of carbonyl (C=O) groups excluding carboxylic acids is 1. The van der Waals surface area contributed by atoms with E-state index in [1.54, 1.807) is 68.2 Å². The van der Waals surface area contributed by atoms with Crippen molar-refractivity contribution in [2.45, 2.75) is 19.6 Å². The first kappa shape index (κ1) is 33.5. The molecule has 0 saturated carbocycles. The summed E-state index contributed by atoms with van der Waals surface area (Å²) in [6, 6.07) is 24.6. The van der Waals surface area contributed by atoms with E-state index in [-0.39, 0.29) is 18.1 Å². The lowest BCUT2D eigenvalue weighted by atomic mass is 9.95. The molecular weight excluding hydrogens is 737 g/mol. The number of amides is 1. The largest absolute Gasteiger partial charge is 0.497 e. The second kappa shape index (κ2) is 14.4. The standard InChI is InChI=1S/C36H28BrCl2N3O5S/c1-20-31(34(43)41-25-7-5-4-6-8-25)32(22-10-13-26(45-2)14-11-22)42-35(44)30(48-36(42)40-20)17-21-15-27(37)33(29(16-21)46-3)47-19-23-9-12-24(38)18-28(23)39/h4-18,32H,19H2,1-3H3,(H,41,43)/b30-17+/t32-/m1/s1. The first-order chi connectivity index (χ1) is 23.2. The molecule has 1 aliphatic rings. The van der Waals surface area contributed by atoms with Gasteiger partial charge in [0.1, 0.15) is 12.4 Å². The maximum absolute atomic E-state index is 14.2. The highest BCUT2D eigenvalue weighted by Crippen LogP contribution is 2.38. The molecule has 2 heterocycles. The number of aromatic nitrogens is 1. The molecule has 5 aromatic rings. The monoisotopic (exact) mass is 763 g/mol. The maximum Gasteiger partial charge on any atom is 0.271 e. The van der Waals surface area contributed by atoms with Crippen molar-refractivity contribution >= 4 is 68.1 Å². The Morgan fingerprint density at radius 1 is 1.02 bits per heavy atom. The van der Waals surface area contributed by atoms with Gasteiger partial charge in [-0.05, 0) is 88.6 Å². The number of hydrogen-bond donors (Lipinski definition) is 1. The van der Waals surface area contributed by atoms with Gasteiger partial charge < -0.3 is 19.5 Å². The molecule has 0 saturated heterocycles. The fraction of sp³-hybridized carbons (Fsp3) is 0.139. The van der Waals surface area contributed by atoms with E-state index in [1.165, 1.54) is 11.3 Å². The Kier molecular flexibility index (Phi) is 10.1. The van der Waals surface area contributed by atoms with Crippen molar-refractivity contribution in [1.82, 2.24) is 4.57 Å². The van der Waals surface area contributed by atoms with Gasteiger partial charge in [0, 0.05) is 21.3 Å². The van der Waals surface area contributed by atoms with Crippen molar-refractivity contribution in [2.24, 2.45) is 4.99 Å². The number of thiazole rings is 1. The lowest BCUT2D eigenvalue weighted by Gasteiger charge is -2.25. The van der Waals surface area contributed by atoms with Crippen LogP contribution in [-0.4, -0.2) is 24.7 Å². The van der Waals surface area contributed by atoms with Crippen molar-refractivity contribution in [1.29, 1.82) is 0 Å². The Bertz CT molecular complexity index is 2240. The van der Waals surface area contributed by atoms with Crippen LogP contribution in [0.2, 0.25) is 10.0 Å². The predicted molar refractivity (Wildman–Crippen MR) is 193 cm³/mol. The molecule has 48 heavy (non-hydrogen) atoms. The third-order valence-electron chi connectivity index (χ3n) is 7.67. The van der Waals surface area contributed by atoms with Gasteiger partial charge in [-0.3, -0.25) is 14.2 Å². The van der Waals surface area contributed by atoms with Crippen LogP contribution in [-0.2, 0) is 11.4 Å². The van der Waals surface area contributed by atoms with Gasteiger partial charge >= 0.3 is 0 Å². The minimum atomic E-state index is -0.727. The molecule has 0 bridgehead atoms. The van der Waals surface area contributed by atoms with E-state index in [1.807, 2.05) is 48.5 Å². The second-order valence-corrected chi connectivity index (χ2v) is 13.4. The lowest BCUT2D eigenvalue weighted by molar-refractivity contribution is -0.113. The summed E-state index contributed by atoms with van der Waals surface area (Å²) in [6.07, 6.45) is 1.77. The summed E-state index contributed by atoms with van der Waals surface area (Å²) in [4.78, 5) is 33.2. The number of methoxy groups -OCH3 is 2. The molecule has 8 nitrogen and oxygen atoms in total. The topological polar surface area (TPSA) is 91.2 Å². The van der Waals surface area contributed by atoms with Gasteiger partial charge in [0.05, 0.1) is 40.5 Å². The van der Waals surface area contributed by atoms with Crippen LogP contribution in [0.15, 0.2) is 110 Å². The van der Waals surface area contributed by atoms with Crippen LogP contribution in [0.4, 0.5) is 5.69 Å². The second-order valence-electron chi connectivity index (χ2n) is 10.7. The number of allylic oxidation sites excluding steroid dienone is 1. The fourth-order valence-electron chi connectivity index (χ4n) is 5.34.